The van der Waals surface area contributed by atoms with E-state index in [1.807, 2.05) is 13.0 Å². The van der Waals surface area contributed by atoms with Crippen molar-refractivity contribution < 1.29 is 9.53 Å². The highest BCUT2D eigenvalue weighted by atomic mass is 28.4. The summed E-state index contributed by atoms with van der Waals surface area (Å²) in [4.78, 5) is 0. The Bertz CT molecular complexity index is 311. The second-order valence-corrected chi connectivity index (χ2v) is 12.5. The first-order valence-corrected chi connectivity index (χ1v) is 11.1. The highest BCUT2D eigenvalue weighted by Gasteiger charge is 2.41. The third-order valence-electron chi connectivity index (χ3n) is 5.09. The van der Waals surface area contributed by atoms with Crippen LogP contribution in [0.15, 0.2) is 12.2 Å². The molecule has 0 bridgehead atoms. The van der Waals surface area contributed by atoms with Gasteiger partial charge < -0.3 is 9.53 Å². The largest absolute Gasteiger partial charge is 0.408 e. The van der Waals surface area contributed by atoms with Gasteiger partial charge in [0.1, 0.15) is 0 Å². The highest BCUT2D eigenvalue weighted by Crippen LogP contribution is 2.39. The van der Waals surface area contributed by atoms with Crippen molar-refractivity contribution in [2.24, 2.45) is 5.92 Å². The van der Waals surface area contributed by atoms with Gasteiger partial charge in [0.25, 0.3) is 0 Å². The lowest BCUT2D eigenvalue weighted by Gasteiger charge is -2.41. The number of hydrogen-bond acceptors (Lipinski definition) is 2. The second kappa shape index (κ2) is 7.23. The summed E-state index contributed by atoms with van der Waals surface area (Å²) in [6, 6.07) is 0. The number of aliphatic hydroxyl groups excluding tert-OH is 1. The molecule has 0 aromatic rings. The number of rotatable bonds is 5. The fourth-order valence-corrected chi connectivity index (χ4v) is 3.93. The van der Waals surface area contributed by atoms with Gasteiger partial charge in [-0.1, -0.05) is 52.2 Å². The minimum absolute atomic E-state index is 0.135. The van der Waals surface area contributed by atoms with E-state index in [-0.39, 0.29) is 17.2 Å². The fourth-order valence-electron chi connectivity index (χ4n) is 2.67. The van der Waals surface area contributed by atoms with Crippen LogP contribution in [0.5, 0.6) is 0 Å². The lowest BCUT2D eigenvalue weighted by atomic mass is 9.83. The van der Waals surface area contributed by atoms with Gasteiger partial charge >= 0.3 is 0 Å². The van der Waals surface area contributed by atoms with E-state index in [9.17, 15) is 5.11 Å². The van der Waals surface area contributed by atoms with Crippen LogP contribution in [-0.2, 0) is 4.43 Å². The first kappa shape index (κ1) is 17.9. The van der Waals surface area contributed by atoms with Crippen LogP contribution in [0.2, 0.25) is 18.1 Å². The van der Waals surface area contributed by atoms with Gasteiger partial charge in [0.05, 0.1) is 12.2 Å². The number of aliphatic hydroxyl groups is 1. The van der Waals surface area contributed by atoms with Crippen LogP contribution in [-0.4, -0.2) is 25.6 Å². The Morgan fingerprint density at radius 1 is 1.15 bits per heavy atom. The molecule has 20 heavy (non-hydrogen) atoms. The molecule has 1 N–H and O–H groups in total. The van der Waals surface area contributed by atoms with Crippen LogP contribution in [0.1, 0.15) is 59.8 Å². The Morgan fingerprint density at radius 2 is 1.70 bits per heavy atom. The van der Waals surface area contributed by atoms with Gasteiger partial charge in [-0.25, -0.2) is 0 Å². The van der Waals surface area contributed by atoms with Crippen molar-refractivity contribution in [3.8, 4) is 0 Å². The predicted molar refractivity (Wildman–Crippen MR) is 89.5 cm³/mol. The first-order chi connectivity index (χ1) is 9.19. The van der Waals surface area contributed by atoms with Crippen molar-refractivity contribution in [2.75, 3.05) is 0 Å². The van der Waals surface area contributed by atoms with Crippen LogP contribution in [0, 0.1) is 5.92 Å². The van der Waals surface area contributed by atoms with E-state index in [1.165, 1.54) is 19.3 Å². The molecule has 1 rings (SSSR count). The summed E-state index contributed by atoms with van der Waals surface area (Å²) in [6.45, 7) is 13.3. The molecule has 1 aliphatic rings. The van der Waals surface area contributed by atoms with Crippen LogP contribution in [0.4, 0.5) is 0 Å². The van der Waals surface area contributed by atoms with E-state index in [0.717, 1.165) is 12.8 Å². The van der Waals surface area contributed by atoms with Gasteiger partial charge in [0.15, 0.2) is 8.32 Å². The molecule has 1 fully saturated rings. The lowest BCUT2D eigenvalue weighted by molar-refractivity contribution is 0.00194. The van der Waals surface area contributed by atoms with E-state index in [0.29, 0.717) is 5.92 Å². The average Bonchev–Trinajstić information content (AvgIpc) is 2.37. The fraction of sp³-hybridized carbons (Fsp3) is 0.882. The summed E-state index contributed by atoms with van der Waals surface area (Å²) in [5.41, 5.74) is 0. The molecule has 0 spiro atoms. The monoisotopic (exact) mass is 298 g/mol. The molecule has 118 valence electrons. The maximum absolute atomic E-state index is 10.7. The minimum atomic E-state index is -1.84. The van der Waals surface area contributed by atoms with Gasteiger partial charge in [-0.05, 0) is 43.8 Å². The first-order valence-electron chi connectivity index (χ1n) is 8.18. The quantitative estimate of drug-likeness (QED) is 0.578. The Kier molecular flexibility index (Phi) is 6.48. The SMILES string of the molecule is C/C=C/[C@H](O[Si](C)(C)C(C)(C)C)[C@H](O)C1CCCCC1. The Balaban J connectivity index is 2.77. The van der Waals surface area contributed by atoms with Crippen molar-refractivity contribution in [1.29, 1.82) is 0 Å². The van der Waals surface area contributed by atoms with Crippen LogP contribution in [0.25, 0.3) is 0 Å². The third-order valence-corrected chi connectivity index (χ3v) is 9.56. The van der Waals surface area contributed by atoms with Crippen LogP contribution in [0.3, 0.4) is 0 Å². The Morgan fingerprint density at radius 3 is 2.15 bits per heavy atom. The molecule has 0 unspecified atom stereocenters. The minimum Gasteiger partial charge on any atom is -0.408 e. The molecule has 0 radical (unpaired) electrons. The summed E-state index contributed by atoms with van der Waals surface area (Å²) in [6.07, 6.45) is 9.72. The van der Waals surface area contributed by atoms with Crippen molar-refractivity contribution in [2.45, 2.75) is 90.1 Å². The molecular weight excluding hydrogens is 264 g/mol. The van der Waals surface area contributed by atoms with E-state index < -0.39 is 8.32 Å². The lowest BCUT2D eigenvalue weighted by Crippen LogP contribution is -2.48. The van der Waals surface area contributed by atoms with Crippen molar-refractivity contribution >= 4 is 8.32 Å². The average molecular weight is 299 g/mol. The summed E-state index contributed by atoms with van der Waals surface area (Å²) >= 11 is 0. The van der Waals surface area contributed by atoms with Crippen molar-refractivity contribution in [1.82, 2.24) is 0 Å². The standard InChI is InChI=1S/C17H34O2Si/c1-7-11-15(19-20(5,6)17(2,3)4)16(18)14-12-9-8-10-13-14/h7,11,14-16,18H,8-10,12-13H2,1-6H3/b11-7+/t15-,16+/m0/s1. The summed E-state index contributed by atoms with van der Waals surface area (Å²) in [5.74, 6) is 0.412. The topological polar surface area (TPSA) is 29.5 Å². The highest BCUT2D eigenvalue weighted by molar-refractivity contribution is 6.74. The Labute approximate surface area is 126 Å². The molecule has 0 aliphatic heterocycles. The van der Waals surface area contributed by atoms with Gasteiger partial charge in [0.2, 0.25) is 0 Å². The molecule has 1 aliphatic carbocycles. The van der Waals surface area contributed by atoms with Gasteiger partial charge in [-0.15, -0.1) is 0 Å². The molecule has 2 nitrogen and oxygen atoms in total. The normalized spacial score (nSPS) is 22.1. The summed E-state index contributed by atoms with van der Waals surface area (Å²) in [5, 5.41) is 10.9. The number of allylic oxidation sites excluding steroid dienone is 1. The maximum atomic E-state index is 10.7. The molecule has 1 saturated carbocycles. The zero-order chi connectivity index (χ0) is 15.4. The van der Waals surface area contributed by atoms with E-state index >= 15 is 0 Å². The van der Waals surface area contributed by atoms with Gasteiger partial charge in [-0.3, -0.25) is 0 Å². The molecule has 2 atom stereocenters. The number of hydrogen-bond donors (Lipinski definition) is 1. The molecule has 0 saturated heterocycles. The Hall–Kier alpha value is -0.123. The molecular formula is C17H34O2Si. The predicted octanol–water partition coefficient (Wildman–Crippen LogP) is 4.89. The third kappa shape index (κ3) is 4.71. The molecule has 0 amide bonds. The molecule has 0 heterocycles. The summed E-state index contributed by atoms with van der Waals surface area (Å²) in [7, 11) is -1.84. The van der Waals surface area contributed by atoms with Gasteiger partial charge in [-0.2, -0.15) is 0 Å². The second-order valence-electron chi connectivity index (χ2n) is 7.76. The smallest absolute Gasteiger partial charge is 0.193 e. The molecule has 0 aromatic carbocycles. The van der Waals surface area contributed by atoms with Gasteiger partial charge in [0, 0.05) is 0 Å². The molecule has 0 aromatic heterocycles. The summed E-state index contributed by atoms with van der Waals surface area (Å²) < 4.78 is 6.46. The van der Waals surface area contributed by atoms with Crippen LogP contribution < -0.4 is 0 Å². The molecule has 3 heteroatoms. The zero-order valence-corrected chi connectivity index (χ0v) is 15.3. The van der Waals surface area contributed by atoms with E-state index in [4.69, 9.17) is 4.43 Å². The zero-order valence-electron chi connectivity index (χ0n) is 14.3. The van der Waals surface area contributed by atoms with E-state index in [1.54, 1.807) is 0 Å². The maximum Gasteiger partial charge on any atom is 0.193 e. The van der Waals surface area contributed by atoms with Crippen LogP contribution >= 0.6 is 0 Å². The van der Waals surface area contributed by atoms with E-state index in [2.05, 4.69) is 39.9 Å². The van der Waals surface area contributed by atoms with Crippen molar-refractivity contribution in [3.05, 3.63) is 12.2 Å². The van der Waals surface area contributed by atoms with Crippen molar-refractivity contribution in [3.63, 3.8) is 0 Å².